The number of carbonyl (C=O) groups is 3. The highest BCUT2D eigenvalue weighted by atomic mass is 19.1. The number of carboxylic acid groups (broad SMARTS) is 1. The Morgan fingerprint density at radius 2 is 1.80 bits per heavy atom. The second-order valence-electron chi connectivity index (χ2n) is 7.01. The van der Waals surface area contributed by atoms with Gasteiger partial charge in [-0.05, 0) is 62.2 Å². The SMILES string of the molecule is CCOC(=O)C1CCN(c2ccc(NC(=O)c3ccc(F)cc3)cc2C(=O)O)CC1. The number of esters is 1. The molecule has 0 aromatic heterocycles. The fourth-order valence-corrected chi connectivity index (χ4v) is 3.48. The molecule has 0 bridgehead atoms. The lowest BCUT2D eigenvalue weighted by atomic mass is 9.96. The summed E-state index contributed by atoms with van der Waals surface area (Å²) in [6.07, 6.45) is 1.17. The highest BCUT2D eigenvalue weighted by Gasteiger charge is 2.28. The second kappa shape index (κ2) is 9.39. The standard InChI is InChI=1S/C22H23FN2O5/c1-2-30-22(29)15-9-11-25(12-10-15)19-8-7-17(13-18(19)21(27)28)24-20(26)14-3-5-16(23)6-4-14/h3-8,13,15H,2,9-12H2,1H3,(H,24,26)(H,27,28). The van der Waals surface area contributed by atoms with Crippen molar-refractivity contribution in [3.63, 3.8) is 0 Å². The Labute approximate surface area is 173 Å². The van der Waals surface area contributed by atoms with Crippen LogP contribution in [0.15, 0.2) is 42.5 Å². The number of nitrogens with zero attached hydrogens (tertiary/aromatic N) is 1. The Morgan fingerprint density at radius 1 is 1.13 bits per heavy atom. The molecule has 1 amide bonds. The van der Waals surface area contributed by atoms with Gasteiger partial charge in [0.05, 0.1) is 23.8 Å². The van der Waals surface area contributed by atoms with E-state index < -0.39 is 17.7 Å². The lowest BCUT2D eigenvalue weighted by molar-refractivity contribution is -0.148. The molecule has 0 unspecified atom stereocenters. The Kier molecular flexibility index (Phi) is 6.66. The van der Waals surface area contributed by atoms with Crippen LogP contribution in [-0.4, -0.2) is 42.6 Å². The van der Waals surface area contributed by atoms with E-state index in [1.165, 1.54) is 30.3 Å². The van der Waals surface area contributed by atoms with Gasteiger partial charge in [0.1, 0.15) is 5.82 Å². The molecule has 0 aliphatic carbocycles. The summed E-state index contributed by atoms with van der Waals surface area (Å²) in [5.74, 6) is -2.42. The van der Waals surface area contributed by atoms with Crippen molar-refractivity contribution < 1.29 is 28.6 Å². The normalized spacial score (nSPS) is 14.3. The molecule has 7 nitrogen and oxygen atoms in total. The molecule has 158 valence electrons. The van der Waals surface area contributed by atoms with Crippen LogP contribution in [0.2, 0.25) is 0 Å². The number of carboxylic acids is 1. The number of anilines is 2. The fourth-order valence-electron chi connectivity index (χ4n) is 3.48. The predicted molar refractivity (Wildman–Crippen MR) is 109 cm³/mol. The number of aromatic carboxylic acids is 1. The summed E-state index contributed by atoms with van der Waals surface area (Å²) in [5.41, 5.74) is 1.18. The highest BCUT2D eigenvalue weighted by molar-refractivity contribution is 6.05. The van der Waals surface area contributed by atoms with Crippen molar-refractivity contribution in [3.8, 4) is 0 Å². The summed E-state index contributed by atoms with van der Waals surface area (Å²) in [6, 6.07) is 9.74. The molecule has 1 aliphatic heterocycles. The van der Waals surface area contributed by atoms with Crippen molar-refractivity contribution in [3.05, 3.63) is 59.4 Å². The molecule has 2 aromatic rings. The maximum absolute atomic E-state index is 13.0. The number of ether oxygens (including phenoxy) is 1. The first-order valence-corrected chi connectivity index (χ1v) is 9.75. The van der Waals surface area contributed by atoms with E-state index in [1.54, 1.807) is 19.1 Å². The van der Waals surface area contributed by atoms with Crippen molar-refractivity contribution in [2.45, 2.75) is 19.8 Å². The Balaban J connectivity index is 1.73. The molecule has 1 fully saturated rings. The number of rotatable bonds is 6. The van der Waals surface area contributed by atoms with Crippen LogP contribution in [0.4, 0.5) is 15.8 Å². The summed E-state index contributed by atoms with van der Waals surface area (Å²) in [4.78, 5) is 37.9. The van der Waals surface area contributed by atoms with Gasteiger partial charge in [-0.1, -0.05) is 0 Å². The highest BCUT2D eigenvalue weighted by Crippen LogP contribution is 2.29. The molecule has 2 aromatic carbocycles. The molecule has 0 spiro atoms. The molecule has 1 saturated heterocycles. The number of nitrogens with one attached hydrogen (secondary N) is 1. The quantitative estimate of drug-likeness (QED) is 0.702. The minimum Gasteiger partial charge on any atom is -0.478 e. The van der Waals surface area contributed by atoms with E-state index in [9.17, 15) is 23.9 Å². The van der Waals surface area contributed by atoms with E-state index in [0.717, 1.165) is 0 Å². The first-order valence-electron chi connectivity index (χ1n) is 9.75. The van der Waals surface area contributed by atoms with E-state index in [1.807, 2.05) is 4.90 Å². The minimum absolute atomic E-state index is 0.0569. The smallest absolute Gasteiger partial charge is 0.337 e. The van der Waals surface area contributed by atoms with Gasteiger partial charge in [0.2, 0.25) is 0 Å². The molecule has 3 rings (SSSR count). The van der Waals surface area contributed by atoms with Crippen LogP contribution in [0.25, 0.3) is 0 Å². The summed E-state index contributed by atoms with van der Waals surface area (Å²) in [6.45, 7) is 3.17. The monoisotopic (exact) mass is 414 g/mol. The largest absolute Gasteiger partial charge is 0.478 e. The zero-order valence-corrected chi connectivity index (χ0v) is 16.6. The molecule has 0 saturated carbocycles. The summed E-state index contributed by atoms with van der Waals surface area (Å²) in [5, 5.41) is 12.3. The van der Waals surface area contributed by atoms with Crippen LogP contribution in [0, 0.1) is 11.7 Å². The average molecular weight is 414 g/mol. The Bertz CT molecular complexity index is 937. The zero-order valence-electron chi connectivity index (χ0n) is 16.6. The van der Waals surface area contributed by atoms with Crippen molar-refractivity contribution >= 4 is 29.2 Å². The molecular weight excluding hydrogens is 391 g/mol. The number of piperidine rings is 1. The lowest BCUT2D eigenvalue weighted by Crippen LogP contribution is -2.37. The number of benzene rings is 2. The van der Waals surface area contributed by atoms with Crippen molar-refractivity contribution in [2.24, 2.45) is 5.92 Å². The van der Waals surface area contributed by atoms with Gasteiger partial charge in [-0.3, -0.25) is 9.59 Å². The lowest BCUT2D eigenvalue weighted by Gasteiger charge is -2.33. The van der Waals surface area contributed by atoms with E-state index >= 15 is 0 Å². The minimum atomic E-state index is -1.12. The van der Waals surface area contributed by atoms with Crippen molar-refractivity contribution in [1.29, 1.82) is 0 Å². The average Bonchev–Trinajstić information content (AvgIpc) is 2.74. The summed E-state index contributed by atoms with van der Waals surface area (Å²) in [7, 11) is 0. The molecule has 0 atom stereocenters. The van der Waals surface area contributed by atoms with Gasteiger partial charge >= 0.3 is 11.9 Å². The van der Waals surface area contributed by atoms with E-state index in [4.69, 9.17) is 4.74 Å². The van der Waals surface area contributed by atoms with Crippen LogP contribution >= 0.6 is 0 Å². The van der Waals surface area contributed by atoms with E-state index in [-0.39, 0.29) is 23.0 Å². The van der Waals surface area contributed by atoms with Gasteiger partial charge in [-0.15, -0.1) is 0 Å². The van der Waals surface area contributed by atoms with Crippen LogP contribution in [-0.2, 0) is 9.53 Å². The fraction of sp³-hybridized carbons (Fsp3) is 0.318. The molecular formula is C22H23FN2O5. The maximum Gasteiger partial charge on any atom is 0.337 e. The van der Waals surface area contributed by atoms with Gasteiger partial charge in [-0.2, -0.15) is 0 Å². The van der Waals surface area contributed by atoms with Crippen LogP contribution in [0.1, 0.15) is 40.5 Å². The first kappa shape index (κ1) is 21.3. The van der Waals surface area contributed by atoms with Gasteiger partial charge in [0.15, 0.2) is 0 Å². The van der Waals surface area contributed by atoms with Gasteiger partial charge in [0, 0.05) is 24.3 Å². The second-order valence-corrected chi connectivity index (χ2v) is 7.01. The third-order valence-electron chi connectivity index (χ3n) is 5.05. The number of hydrogen-bond donors (Lipinski definition) is 2. The molecule has 1 aliphatic rings. The molecule has 1 heterocycles. The van der Waals surface area contributed by atoms with Gasteiger partial charge in [-0.25, -0.2) is 9.18 Å². The Morgan fingerprint density at radius 3 is 2.40 bits per heavy atom. The van der Waals surface area contributed by atoms with Gasteiger partial charge in [0.25, 0.3) is 5.91 Å². The van der Waals surface area contributed by atoms with Crippen molar-refractivity contribution in [2.75, 3.05) is 29.9 Å². The maximum atomic E-state index is 13.0. The predicted octanol–water partition coefficient (Wildman–Crippen LogP) is 3.56. The topological polar surface area (TPSA) is 95.9 Å². The van der Waals surface area contributed by atoms with Crippen LogP contribution in [0.5, 0.6) is 0 Å². The molecule has 8 heteroatoms. The van der Waals surface area contributed by atoms with E-state index in [2.05, 4.69) is 5.32 Å². The van der Waals surface area contributed by atoms with Crippen LogP contribution < -0.4 is 10.2 Å². The first-order chi connectivity index (χ1) is 14.4. The number of amides is 1. The number of carbonyl (C=O) groups excluding carboxylic acids is 2. The van der Waals surface area contributed by atoms with Gasteiger partial charge < -0.3 is 20.1 Å². The van der Waals surface area contributed by atoms with Crippen molar-refractivity contribution in [1.82, 2.24) is 0 Å². The molecule has 2 N–H and O–H groups in total. The summed E-state index contributed by atoms with van der Waals surface area (Å²) < 4.78 is 18.1. The van der Waals surface area contributed by atoms with Crippen LogP contribution in [0.3, 0.4) is 0 Å². The molecule has 0 radical (unpaired) electrons. The third-order valence-corrected chi connectivity index (χ3v) is 5.05. The third kappa shape index (κ3) is 4.94. The molecule has 30 heavy (non-hydrogen) atoms. The number of halogens is 1. The number of hydrogen-bond acceptors (Lipinski definition) is 5. The Hall–Kier alpha value is -3.42. The summed E-state index contributed by atoms with van der Waals surface area (Å²) >= 11 is 0. The van der Waals surface area contributed by atoms with E-state index in [0.29, 0.717) is 43.9 Å². The zero-order chi connectivity index (χ0) is 21.7.